The number of hydrogen-bond acceptors (Lipinski definition) is 5. The number of ether oxygens (including phenoxy) is 1. The van der Waals surface area contributed by atoms with Crippen LogP contribution in [0.5, 0.6) is 0 Å². The van der Waals surface area contributed by atoms with Crippen LogP contribution in [-0.2, 0) is 16.0 Å². The largest absolute Gasteiger partial charge is 0.381 e. The predicted octanol–water partition coefficient (Wildman–Crippen LogP) is -1.04. The van der Waals surface area contributed by atoms with E-state index in [-0.39, 0.29) is 18.0 Å². The van der Waals surface area contributed by atoms with E-state index in [1.807, 2.05) is 4.90 Å². The first-order valence-electron chi connectivity index (χ1n) is 7.45. The SMILES string of the molecule is O=C(Cc1n[nH]c(=O)[nH]1)N1CCN(C2CCOCC2)CC1. The normalized spacial score (nSPS) is 21.6. The van der Waals surface area contributed by atoms with Crippen molar-refractivity contribution in [2.45, 2.75) is 25.3 Å². The van der Waals surface area contributed by atoms with Gasteiger partial charge in [-0.3, -0.25) is 14.7 Å². The van der Waals surface area contributed by atoms with E-state index >= 15 is 0 Å². The number of H-pyrrole nitrogens is 2. The lowest BCUT2D eigenvalue weighted by Crippen LogP contribution is -2.53. The van der Waals surface area contributed by atoms with Crippen molar-refractivity contribution >= 4 is 5.91 Å². The molecular formula is C13H21N5O3. The van der Waals surface area contributed by atoms with Crippen LogP contribution in [-0.4, -0.2) is 76.3 Å². The van der Waals surface area contributed by atoms with Crippen molar-refractivity contribution in [1.82, 2.24) is 25.0 Å². The van der Waals surface area contributed by atoms with Crippen LogP contribution in [0.4, 0.5) is 0 Å². The molecule has 0 aliphatic carbocycles. The fraction of sp³-hybridized carbons (Fsp3) is 0.769. The molecule has 2 aliphatic rings. The summed E-state index contributed by atoms with van der Waals surface area (Å²) in [7, 11) is 0. The molecule has 2 fully saturated rings. The average Bonchev–Trinajstić information content (AvgIpc) is 2.93. The molecule has 1 aromatic heterocycles. The maximum Gasteiger partial charge on any atom is 0.340 e. The molecular weight excluding hydrogens is 274 g/mol. The van der Waals surface area contributed by atoms with E-state index < -0.39 is 0 Å². The molecule has 8 heteroatoms. The Hall–Kier alpha value is -1.67. The highest BCUT2D eigenvalue weighted by Crippen LogP contribution is 2.16. The Balaban J connectivity index is 1.48. The minimum absolute atomic E-state index is 0.0179. The zero-order valence-corrected chi connectivity index (χ0v) is 12.0. The van der Waals surface area contributed by atoms with Crippen molar-refractivity contribution in [2.75, 3.05) is 39.4 Å². The predicted molar refractivity (Wildman–Crippen MR) is 74.9 cm³/mol. The Morgan fingerprint density at radius 2 is 1.95 bits per heavy atom. The molecule has 0 unspecified atom stereocenters. The van der Waals surface area contributed by atoms with Crippen LogP contribution in [0.1, 0.15) is 18.7 Å². The molecule has 2 aliphatic heterocycles. The van der Waals surface area contributed by atoms with Crippen molar-refractivity contribution in [3.05, 3.63) is 16.3 Å². The van der Waals surface area contributed by atoms with Gasteiger partial charge in [0.05, 0.1) is 6.42 Å². The highest BCUT2D eigenvalue weighted by molar-refractivity contribution is 5.78. The summed E-state index contributed by atoms with van der Waals surface area (Å²) in [5.41, 5.74) is -0.373. The first kappa shape index (κ1) is 14.3. The van der Waals surface area contributed by atoms with E-state index in [0.717, 1.165) is 52.2 Å². The van der Waals surface area contributed by atoms with Crippen molar-refractivity contribution in [1.29, 1.82) is 0 Å². The number of nitrogens with zero attached hydrogens (tertiary/aromatic N) is 3. The van der Waals surface area contributed by atoms with Gasteiger partial charge in [0.15, 0.2) is 0 Å². The second-order valence-corrected chi connectivity index (χ2v) is 5.56. The van der Waals surface area contributed by atoms with E-state index in [0.29, 0.717) is 11.9 Å². The lowest BCUT2D eigenvalue weighted by molar-refractivity contribution is -0.133. The quantitative estimate of drug-likeness (QED) is 0.743. The van der Waals surface area contributed by atoms with Gasteiger partial charge >= 0.3 is 5.69 Å². The summed E-state index contributed by atoms with van der Waals surface area (Å²) >= 11 is 0. The van der Waals surface area contributed by atoms with Gasteiger partial charge in [-0.05, 0) is 12.8 Å². The van der Waals surface area contributed by atoms with Gasteiger partial charge in [0, 0.05) is 45.4 Å². The highest BCUT2D eigenvalue weighted by Gasteiger charge is 2.27. The van der Waals surface area contributed by atoms with Crippen LogP contribution in [0, 0.1) is 0 Å². The molecule has 116 valence electrons. The Labute approximate surface area is 122 Å². The summed E-state index contributed by atoms with van der Waals surface area (Å²) in [5, 5.41) is 6.05. The molecule has 3 heterocycles. The first-order chi connectivity index (χ1) is 10.2. The van der Waals surface area contributed by atoms with E-state index in [9.17, 15) is 9.59 Å². The number of carbonyl (C=O) groups is 1. The van der Waals surface area contributed by atoms with Crippen molar-refractivity contribution < 1.29 is 9.53 Å². The third-order valence-electron chi connectivity index (χ3n) is 4.24. The lowest BCUT2D eigenvalue weighted by atomic mass is 10.1. The summed E-state index contributed by atoms with van der Waals surface area (Å²) in [4.78, 5) is 29.9. The molecule has 2 saturated heterocycles. The molecule has 0 radical (unpaired) electrons. The summed E-state index contributed by atoms with van der Waals surface area (Å²) in [5.74, 6) is 0.418. The molecule has 1 aromatic rings. The van der Waals surface area contributed by atoms with Gasteiger partial charge in [0.1, 0.15) is 5.82 Å². The summed E-state index contributed by atoms with van der Waals surface area (Å²) in [6.07, 6.45) is 2.32. The van der Waals surface area contributed by atoms with Gasteiger partial charge in [0.25, 0.3) is 0 Å². The van der Waals surface area contributed by atoms with Crippen LogP contribution in [0.15, 0.2) is 4.79 Å². The zero-order valence-electron chi connectivity index (χ0n) is 12.0. The van der Waals surface area contributed by atoms with Gasteiger partial charge in [-0.25, -0.2) is 9.89 Å². The number of hydrogen-bond donors (Lipinski definition) is 2. The molecule has 3 rings (SSSR count). The third-order valence-corrected chi connectivity index (χ3v) is 4.24. The van der Waals surface area contributed by atoms with Gasteiger partial charge in [0.2, 0.25) is 5.91 Å². The molecule has 0 spiro atoms. The highest BCUT2D eigenvalue weighted by atomic mass is 16.5. The molecule has 0 aromatic carbocycles. The Bertz CT molecular complexity index is 526. The van der Waals surface area contributed by atoms with Crippen LogP contribution >= 0.6 is 0 Å². The van der Waals surface area contributed by atoms with Crippen LogP contribution in [0.25, 0.3) is 0 Å². The molecule has 21 heavy (non-hydrogen) atoms. The van der Waals surface area contributed by atoms with E-state index in [1.165, 1.54) is 0 Å². The average molecular weight is 295 g/mol. The topological polar surface area (TPSA) is 94.3 Å². The minimum Gasteiger partial charge on any atom is -0.381 e. The standard InChI is InChI=1S/C13H21N5O3/c19-12(9-11-14-13(20)16-15-11)18-5-3-17(4-6-18)10-1-7-21-8-2-10/h10H,1-9H2,(H2,14,15,16,20). The van der Waals surface area contributed by atoms with Gasteiger partial charge in [-0.2, -0.15) is 5.10 Å². The molecule has 0 bridgehead atoms. The lowest BCUT2D eigenvalue weighted by Gasteiger charge is -2.40. The molecule has 2 N–H and O–H groups in total. The number of rotatable bonds is 3. The maximum atomic E-state index is 12.2. The zero-order chi connectivity index (χ0) is 14.7. The number of nitrogens with one attached hydrogen (secondary N) is 2. The van der Waals surface area contributed by atoms with Gasteiger partial charge in [-0.15, -0.1) is 0 Å². The number of piperazine rings is 1. The third kappa shape index (κ3) is 3.51. The van der Waals surface area contributed by atoms with E-state index in [1.54, 1.807) is 0 Å². The summed E-state index contributed by atoms with van der Waals surface area (Å²) < 4.78 is 5.39. The Morgan fingerprint density at radius 1 is 1.24 bits per heavy atom. The monoisotopic (exact) mass is 295 g/mol. The second-order valence-electron chi connectivity index (χ2n) is 5.56. The van der Waals surface area contributed by atoms with Crippen molar-refractivity contribution in [3.63, 3.8) is 0 Å². The summed E-state index contributed by atoms with van der Waals surface area (Å²) in [6, 6.07) is 0.596. The van der Waals surface area contributed by atoms with Crippen molar-refractivity contribution in [2.24, 2.45) is 0 Å². The second kappa shape index (κ2) is 6.40. The number of carbonyl (C=O) groups excluding carboxylic acids is 1. The van der Waals surface area contributed by atoms with Crippen LogP contribution < -0.4 is 5.69 Å². The number of aromatic amines is 2. The molecule has 0 saturated carbocycles. The Kier molecular flexibility index (Phi) is 4.35. The molecule has 8 nitrogen and oxygen atoms in total. The van der Waals surface area contributed by atoms with Gasteiger partial charge in [-0.1, -0.05) is 0 Å². The van der Waals surface area contributed by atoms with Crippen molar-refractivity contribution in [3.8, 4) is 0 Å². The smallest absolute Gasteiger partial charge is 0.340 e. The van der Waals surface area contributed by atoms with E-state index in [2.05, 4.69) is 20.1 Å². The minimum atomic E-state index is -0.373. The van der Waals surface area contributed by atoms with Gasteiger partial charge < -0.3 is 9.64 Å². The van der Waals surface area contributed by atoms with Crippen LogP contribution in [0.3, 0.4) is 0 Å². The molecule has 0 atom stereocenters. The maximum absolute atomic E-state index is 12.2. The number of aromatic nitrogens is 3. The van der Waals surface area contributed by atoms with Crippen LogP contribution in [0.2, 0.25) is 0 Å². The fourth-order valence-corrected chi connectivity index (χ4v) is 3.03. The first-order valence-corrected chi connectivity index (χ1v) is 7.45. The Morgan fingerprint density at radius 3 is 2.57 bits per heavy atom. The van der Waals surface area contributed by atoms with E-state index in [4.69, 9.17) is 4.74 Å². The number of amides is 1. The summed E-state index contributed by atoms with van der Waals surface area (Å²) in [6.45, 7) is 4.99. The fourth-order valence-electron chi connectivity index (χ4n) is 3.03. The molecule has 1 amide bonds.